The van der Waals surface area contributed by atoms with Crippen molar-refractivity contribution in [2.45, 2.75) is 25.9 Å². The van der Waals surface area contributed by atoms with Crippen LogP contribution in [0.1, 0.15) is 19.8 Å². The largest absolute Gasteiger partial charge is 0.491 e. The lowest BCUT2D eigenvalue weighted by molar-refractivity contribution is -0.114. The van der Waals surface area contributed by atoms with Crippen LogP contribution in [-0.2, 0) is 19.0 Å². The predicted molar refractivity (Wildman–Crippen MR) is 99.7 cm³/mol. The first-order valence-corrected chi connectivity index (χ1v) is 9.22. The van der Waals surface area contributed by atoms with Crippen LogP contribution < -0.4 is 15.4 Å². The van der Waals surface area contributed by atoms with Gasteiger partial charge in [-0.1, -0.05) is 0 Å². The molecule has 1 fully saturated rings. The van der Waals surface area contributed by atoms with Crippen molar-refractivity contribution in [2.24, 2.45) is 0 Å². The lowest BCUT2D eigenvalue weighted by Crippen LogP contribution is -2.33. The molecule has 0 aliphatic carbocycles. The number of nitrogens with one attached hydrogen (secondary N) is 2. The third kappa shape index (κ3) is 9.15. The van der Waals surface area contributed by atoms with Gasteiger partial charge in [0.25, 0.3) is 0 Å². The van der Waals surface area contributed by atoms with E-state index in [0.717, 1.165) is 37.4 Å². The minimum atomic E-state index is -0.0906. The van der Waals surface area contributed by atoms with Gasteiger partial charge in [0.05, 0.1) is 39.1 Å². The Morgan fingerprint density at radius 3 is 2.27 bits per heavy atom. The summed E-state index contributed by atoms with van der Waals surface area (Å²) in [5.74, 6) is 0.654. The molecule has 1 aromatic carbocycles. The van der Waals surface area contributed by atoms with Crippen molar-refractivity contribution in [3.8, 4) is 5.75 Å². The fourth-order valence-electron chi connectivity index (χ4n) is 2.61. The number of amides is 1. The van der Waals surface area contributed by atoms with E-state index in [0.29, 0.717) is 45.7 Å². The average Bonchev–Trinajstić information content (AvgIpc) is 2.65. The number of piperidine rings is 1. The van der Waals surface area contributed by atoms with E-state index in [9.17, 15) is 4.79 Å². The van der Waals surface area contributed by atoms with Crippen molar-refractivity contribution in [3.05, 3.63) is 24.3 Å². The molecule has 26 heavy (non-hydrogen) atoms. The predicted octanol–water partition coefficient (Wildman–Crippen LogP) is 1.83. The Kier molecular flexibility index (Phi) is 10.0. The summed E-state index contributed by atoms with van der Waals surface area (Å²) in [7, 11) is 0. The Hall–Kier alpha value is -1.67. The Labute approximate surface area is 155 Å². The van der Waals surface area contributed by atoms with E-state index in [4.69, 9.17) is 18.9 Å². The van der Waals surface area contributed by atoms with Crippen LogP contribution in [0, 0.1) is 0 Å². The summed E-state index contributed by atoms with van der Waals surface area (Å²) in [6, 6.07) is 7.24. The highest BCUT2D eigenvalue weighted by molar-refractivity contribution is 5.88. The smallest absolute Gasteiger partial charge is 0.221 e. The van der Waals surface area contributed by atoms with Crippen molar-refractivity contribution in [2.75, 3.05) is 58.0 Å². The molecule has 0 aromatic heterocycles. The van der Waals surface area contributed by atoms with Crippen LogP contribution in [0.3, 0.4) is 0 Å². The highest BCUT2D eigenvalue weighted by Gasteiger charge is 2.12. The van der Waals surface area contributed by atoms with E-state index in [2.05, 4.69) is 10.6 Å². The normalized spacial score (nSPS) is 15.0. The average molecular weight is 366 g/mol. The minimum Gasteiger partial charge on any atom is -0.491 e. The van der Waals surface area contributed by atoms with Crippen molar-refractivity contribution in [1.82, 2.24) is 5.32 Å². The summed E-state index contributed by atoms with van der Waals surface area (Å²) < 4.78 is 22.3. The van der Waals surface area contributed by atoms with Crippen LogP contribution in [0.15, 0.2) is 24.3 Å². The topological polar surface area (TPSA) is 78.1 Å². The Morgan fingerprint density at radius 1 is 1.00 bits per heavy atom. The second-order valence-corrected chi connectivity index (χ2v) is 6.10. The molecule has 7 nitrogen and oxygen atoms in total. The number of hydrogen-bond donors (Lipinski definition) is 2. The number of carbonyl (C=O) groups is 1. The van der Waals surface area contributed by atoms with Crippen LogP contribution >= 0.6 is 0 Å². The molecule has 0 unspecified atom stereocenters. The second kappa shape index (κ2) is 12.6. The van der Waals surface area contributed by atoms with E-state index < -0.39 is 0 Å². The molecule has 1 aromatic rings. The van der Waals surface area contributed by atoms with Crippen molar-refractivity contribution in [3.63, 3.8) is 0 Å². The minimum absolute atomic E-state index is 0.0906. The second-order valence-electron chi connectivity index (χ2n) is 6.10. The van der Waals surface area contributed by atoms with E-state index in [1.165, 1.54) is 6.92 Å². The van der Waals surface area contributed by atoms with Crippen LogP contribution in [0.4, 0.5) is 5.69 Å². The first-order chi connectivity index (χ1) is 12.7. The highest BCUT2D eigenvalue weighted by Crippen LogP contribution is 2.15. The molecule has 0 spiro atoms. The SMILES string of the molecule is CC(=O)Nc1ccc(OCCOCCOCCOC2CCNCC2)cc1. The van der Waals surface area contributed by atoms with Gasteiger partial charge in [0.2, 0.25) is 5.91 Å². The molecule has 0 saturated carbocycles. The first-order valence-electron chi connectivity index (χ1n) is 9.22. The molecule has 1 heterocycles. The highest BCUT2D eigenvalue weighted by atomic mass is 16.6. The number of ether oxygens (including phenoxy) is 4. The molecule has 1 amide bonds. The molecule has 1 aliphatic heterocycles. The monoisotopic (exact) mass is 366 g/mol. The lowest BCUT2D eigenvalue weighted by atomic mass is 10.1. The molecule has 2 rings (SSSR count). The standard InChI is InChI=1S/C19H30N2O5/c1-16(22)21-17-2-4-18(5-3-17)25-14-12-23-10-11-24-13-15-26-19-6-8-20-9-7-19/h2-5,19-20H,6-15H2,1H3,(H,21,22). The molecule has 0 atom stereocenters. The Bertz CT molecular complexity index is 503. The summed E-state index contributed by atoms with van der Waals surface area (Å²) in [4.78, 5) is 10.9. The maximum Gasteiger partial charge on any atom is 0.221 e. The zero-order chi connectivity index (χ0) is 18.5. The maximum atomic E-state index is 10.9. The molecule has 0 bridgehead atoms. The van der Waals surface area contributed by atoms with Crippen molar-refractivity contribution >= 4 is 11.6 Å². The Balaban J connectivity index is 1.39. The third-order valence-corrected chi connectivity index (χ3v) is 3.91. The van der Waals surface area contributed by atoms with Gasteiger partial charge >= 0.3 is 0 Å². The number of carbonyl (C=O) groups excluding carboxylic acids is 1. The van der Waals surface area contributed by atoms with Gasteiger partial charge in [0.15, 0.2) is 0 Å². The van der Waals surface area contributed by atoms with Gasteiger partial charge in [-0.3, -0.25) is 4.79 Å². The molecule has 2 N–H and O–H groups in total. The number of anilines is 1. The molecule has 7 heteroatoms. The summed E-state index contributed by atoms with van der Waals surface area (Å²) in [6.07, 6.45) is 2.54. The molecule has 146 valence electrons. The fraction of sp³-hybridized carbons (Fsp3) is 0.632. The molecule has 0 radical (unpaired) electrons. The first kappa shape index (κ1) is 20.6. The lowest BCUT2D eigenvalue weighted by Gasteiger charge is -2.22. The van der Waals surface area contributed by atoms with E-state index in [1.807, 2.05) is 12.1 Å². The molecule has 1 aliphatic rings. The van der Waals surface area contributed by atoms with Gasteiger partial charge in [-0.15, -0.1) is 0 Å². The van der Waals surface area contributed by atoms with Gasteiger partial charge in [0.1, 0.15) is 12.4 Å². The summed E-state index contributed by atoms with van der Waals surface area (Å²) >= 11 is 0. The zero-order valence-electron chi connectivity index (χ0n) is 15.5. The quantitative estimate of drug-likeness (QED) is 0.550. The molecule has 1 saturated heterocycles. The van der Waals surface area contributed by atoms with Crippen LogP contribution in [0.5, 0.6) is 5.75 Å². The van der Waals surface area contributed by atoms with Gasteiger partial charge in [-0.2, -0.15) is 0 Å². The van der Waals surface area contributed by atoms with Crippen LogP contribution in [0.2, 0.25) is 0 Å². The Morgan fingerprint density at radius 2 is 1.62 bits per heavy atom. The molecular formula is C19H30N2O5. The summed E-state index contributed by atoms with van der Waals surface area (Å²) in [6.45, 7) is 6.88. The van der Waals surface area contributed by atoms with Gasteiger partial charge in [0, 0.05) is 12.6 Å². The molecular weight excluding hydrogens is 336 g/mol. The van der Waals surface area contributed by atoms with Gasteiger partial charge in [-0.05, 0) is 50.2 Å². The fourth-order valence-corrected chi connectivity index (χ4v) is 2.61. The van der Waals surface area contributed by atoms with Crippen LogP contribution in [0.25, 0.3) is 0 Å². The maximum absolute atomic E-state index is 10.9. The van der Waals surface area contributed by atoms with E-state index in [-0.39, 0.29) is 5.91 Å². The van der Waals surface area contributed by atoms with Gasteiger partial charge < -0.3 is 29.6 Å². The summed E-state index contributed by atoms with van der Waals surface area (Å²) in [5.41, 5.74) is 0.752. The van der Waals surface area contributed by atoms with E-state index >= 15 is 0 Å². The van der Waals surface area contributed by atoms with Gasteiger partial charge in [-0.25, -0.2) is 0 Å². The zero-order valence-corrected chi connectivity index (χ0v) is 15.5. The van der Waals surface area contributed by atoms with Crippen molar-refractivity contribution in [1.29, 1.82) is 0 Å². The number of rotatable bonds is 12. The number of hydrogen-bond acceptors (Lipinski definition) is 6. The van der Waals surface area contributed by atoms with Crippen molar-refractivity contribution < 1.29 is 23.7 Å². The number of benzene rings is 1. The third-order valence-electron chi connectivity index (χ3n) is 3.91. The summed E-state index contributed by atoms with van der Waals surface area (Å²) in [5, 5.41) is 6.03. The van der Waals surface area contributed by atoms with Crippen LogP contribution in [-0.4, -0.2) is 64.7 Å². The van der Waals surface area contributed by atoms with E-state index in [1.54, 1.807) is 12.1 Å².